The number of quaternary nitrogens is 1. The summed E-state index contributed by atoms with van der Waals surface area (Å²) in [5, 5.41) is 0. The van der Waals surface area contributed by atoms with E-state index >= 15 is 0 Å². The third-order valence-corrected chi connectivity index (χ3v) is 8.44. The summed E-state index contributed by atoms with van der Waals surface area (Å²) < 4.78 is 7.21. The number of rotatable bonds is 3. The molecule has 146 valence electrons. The number of likely N-dealkylation sites (tertiary alicyclic amines) is 1. The van der Waals surface area contributed by atoms with Crippen LogP contribution in [0.3, 0.4) is 0 Å². The van der Waals surface area contributed by atoms with Crippen molar-refractivity contribution in [2.75, 3.05) is 26.7 Å². The van der Waals surface area contributed by atoms with Crippen molar-refractivity contribution in [3.63, 3.8) is 0 Å². The number of hydrogen-bond acceptors (Lipinski definition) is 2. The van der Waals surface area contributed by atoms with Crippen molar-refractivity contribution in [1.82, 2.24) is 0 Å². The molecule has 2 heterocycles. The van der Waals surface area contributed by atoms with Gasteiger partial charge in [-0.15, -0.1) is 0 Å². The minimum absolute atomic E-state index is 0.274. The monoisotopic (exact) mass is 369 g/mol. The van der Waals surface area contributed by atoms with Crippen LogP contribution in [0.25, 0.3) is 0 Å². The van der Waals surface area contributed by atoms with Crippen molar-refractivity contribution in [2.45, 2.75) is 68.9 Å². The van der Waals surface area contributed by atoms with Crippen molar-refractivity contribution in [2.24, 2.45) is 11.7 Å². The zero-order valence-corrected chi connectivity index (χ0v) is 16.6. The van der Waals surface area contributed by atoms with E-state index in [9.17, 15) is 4.79 Å². The Hall–Kier alpha value is -1.39. The average molecular weight is 370 g/mol. The first-order valence-corrected chi connectivity index (χ1v) is 10.9. The Morgan fingerprint density at radius 3 is 2.93 bits per heavy atom. The van der Waals surface area contributed by atoms with Gasteiger partial charge in [0, 0.05) is 36.3 Å². The Kier molecular flexibility index (Phi) is 4.14. The summed E-state index contributed by atoms with van der Waals surface area (Å²) in [7, 11) is 2.49. The molecule has 0 spiro atoms. The van der Waals surface area contributed by atoms with E-state index < -0.39 is 0 Å². The largest absolute Gasteiger partial charge is 0.372 e. The van der Waals surface area contributed by atoms with Gasteiger partial charge in [-0.3, -0.25) is 4.79 Å². The molecule has 1 aromatic rings. The minimum Gasteiger partial charge on any atom is -0.372 e. The van der Waals surface area contributed by atoms with Gasteiger partial charge in [0.05, 0.1) is 19.6 Å². The number of carbonyl (C=O) groups is 1. The summed E-state index contributed by atoms with van der Waals surface area (Å²) >= 11 is 0. The average Bonchev–Trinajstić information content (AvgIpc) is 3.17. The van der Waals surface area contributed by atoms with Crippen LogP contribution in [-0.4, -0.2) is 49.3 Å². The van der Waals surface area contributed by atoms with Crippen LogP contribution in [0.4, 0.5) is 0 Å². The minimum atomic E-state index is -0.293. The fraction of sp³-hybridized carbons (Fsp3) is 0.696. The highest BCUT2D eigenvalue weighted by molar-refractivity contribution is 5.93. The number of hydrogen-bond donors (Lipinski definition) is 1. The van der Waals surface area contributed by atoms with Crippen molar-refractivity contribution in [1.29, 1.82) is 0 Å². The lowest BCUT2D eigenvalue weighted by atomic mass is 9.51. The number of amides is 1. The van der Waals surface area contributed by atoms with E-state index in [1.54, 1.807) is 0 Å². The lowest BCUT2D eigenvalue weighted by Gasteiger charge is -2.61. The summed E-state index contributed by atoms with van der Waals surface area (Å²) in [5.41, 5.74) is 9.51. The van der Waals surface area contributed by atoms with Crippen LogP contribution in [0.15, 0.2) is 18.2 Å². The van der Waals surface area contributed by atoms with Crippen molar-refractivity contribution >= 4 is 5.91 Å². The normalized spacial score (nSPS) is 40.3. The maximum Gasteiger partial charge on any atom is 0.248 e. The second kappa shape index (κ2) is 6.31. The lowest BCUT2D eigenvalue weighted by molar-refractivity contribution is -0.947. The predicted octanol–water partition coefficient (Wildman–Crippen LogP) is 3.17. The number of nitrogens with two attached hydrogens (primary N) is 1. The summed E-state index contributed by atoms with van der Waals surface area (Å²) in [6, 6.07) is 7.00. The van der Waals surface area contributed by atoms with Crippen molar-refractivity contribution in [3.05, 3.63) is 34.9 Å². The number of likely N-dealkylation sites (N-methyl/N-ethyl adjacent to an activating group) is 1. The van der Waals surface area contributed by atoms with Gasteiger partial charge in [0.25, 0.3) is 0 Å². The highest BCUT2D eigenvalue weighted by Gasteiger charge is 2.59. The molecule has 2 saturated heterocycles. The van der Waals surface area contributed by atoms with Gasteiger partial charge in [-0.05, 0) is 48.9 Å². The highest BCUT2D eigenvalue weighted by Crippen LogP contribution is 2.57. The number of ether oxygens (including phenoxy) is 1. The standard InChI is InChI=1S/C23H32N2O2/c1-25(15-18-5-4-12-27-18)11-10-23-9-3-2-6-19(23)21(25)14-16-7-8-17(22(24)26)13-20(16)23/h7-8,13,18-19,21H,2-6,9-12,14-15H2,1H3,(H-,24,26)/p+1/t18-,19?,21+,23+,25?/m0/s1. The maximum atomic E-state index is 11.8. The third-order valence-electron chi connectivity index (χ3n) is 8.44. The fourth-order valence-electron chi connectivity index (χ4n) is 7.10. The highest BCUT2D eigenvalue weighted by atomic mass is 16.5. The number of piperidine rings is 1. The lowest BCUT2D eigenvalue weighted by Crippen LogP contribution is -2.69. The molecule has 1 saturated carbocycles. The van der Waals surface area contributed by atoms with E-state index in [1.165, 1.54) is 73.6 Å². The Morgan fingerprint density at radius 1 is 1.26 bits per heavy atom. The Morgan fingerprint density at radius 2 is 2.15 bits per heavy atom. The zero-order chi connectivity index (χ0) is 18.6. The molecule has 27 heavy (non-hydrogen) atoms. The number of benzene rings is 1. The predicted molar refractivity (Wildman–Crippen MR) is 106 cm³/mol. The molecule has 2 aliphatic heterocycles. The van der Waals surface area contributed by atoms with Crippen LogP contribution in [0.1, 0.15) is 66.4 Å². The van der Waals surface area contributed by atoms with E-state index in [0.717, 1.165) is 18.9 Å². The first-order valence-electron chi connectivity index (χ1n) is 10.9. The van der Waals surface area contributed by atoms with E-state index in [0.29, 0.717) is 17.7 Å². The molecular formula is C23H33N2O2+. The van der Waals surface area contributed by atoms with Gasteiger partial charge in [-0.25, -0.2) is 0 Å². The molecule has 2 aliphatic carbocycles. The van der Waals surface area contributed by atoms with Crippen molar-refractivity contribution in [3.8, 4) is 0 Å². The molecule has 4 aliphatic rings. The summed E-state index contributed by atoms with van der Waals surface area (Å²) in [6.45, 7) is 3.36. The molecule has 0 aromatic heterocycles. The first-order chi connectivity index (χ1) is 13.0. The van der Waals surface area contributed by atoms with Gasteiger partial charge in [-0.2, -0.15) is 0 Å². The SMILES string of the molecule is C[N+]1(C[C@@H]2CCCO2)CC[C@]23CCCCC2[C@H]1Cc1ccc(C(N)=O)cc13. The van der Waals surface area contributed by atoms with Gasteiger partial charge in [0.1, 0.15) is 12.6 Å². The smallest absolute Gasteiger partial charge is 0.248 e. The van der Waals surface area contributed by atoms with Crippen LogP contribution < -0.4 is 5.73 Å². The van der Waals surface area contributed by atoms with Crippen LogP contribution in [0.2, 0.25) is 0 Å². The van der Waals surface area contributed by atoms with Gasteiger partial charge < -0.3 is 15.0 Å². The molecule has 3 fully saturated rings. The molecule has 5 atom stereocenters. The molecule has 5 rings (SSSR count). The number of carbonyl (C=O) groups excluding carboxylic acids is 1. The molecule has 2 bridgehead atoms. The number of fused-ring (bicyclic) bond motifs is 1. The van der Waals surface area contributed by atoms with Crippen LogP contribution in [0, 0.1) is 5.92 Å². The van der Waals surface area contributed by atoms with Crippen LogP contribution >= 0.6 is 0 Å². The van der Waals surface area contributed by atoms with E-state index in [-0.39, 0.29) is 11.3 Å². The molecule has 0 radical (unpaired) electrons. The number of primary amides is 1. The van der Waals surface area contributed by atoms with Gasteiger partial charge in [-0.1, -0.05) is 18.9 Å². The zero-order valence-electron chi connectivity index (χ0n) is 16.6. The van der Waals surface area contributed by atoms with E-state index in [2.05, 4.69) is 19.2 Å². The second-order valence-electron chi connectivity index (χ2n) is 9.79. The van der Waals surface area contributed by atoms with Crippen LogP contribution in [0.5, 0.6) is 0 Å². The Balaban J connectivity index is 1.56. The fourth-order valence-corrected chi connectivity index (χ4v) is 7.10. The van der Waals surface area contributed by atoms with Crippen LogP contribution in [-0.2, 0) is 16.6 Å². The molecule has 1 aromatic carbocycles. The summed E-state index contributed by atoms with van der Waals surface area (Å²) in [5.74, 6) is 0.445. The number of nitrogens with zero attached hydrogens (tertiary/aromatic N) is 1. The maximum absolute atomic E-state index is 11.8. The molecule has 2 unspecified atom stereocenters. The molecule has 4 nitrogen and oxygen atoms in total. The second-order valence-corrected chi connectivity index (χ2v) is 9.79. The molecule has 4 heteroatoms. The van der Waals surface area contributed by atoms with E-state index in [1.807, 2.05) is 6.07 Å². The third kappa shape index (κ3) is 2.67. The van der Waals surface area contributed by atoms with E-state index in [4.69, 9.17) is 10.5 Å². The van der Waals surface area contributed by atoms with Gasteiger partial charge >= 0.3 is 0 Å². The topological polar surface area (TPSA) is 52.3 Å². The van der Waals surface area contributed by atoms with Gasteiger partial charge in [0.2, 0.25) is 5.91 Å². The summed E-state index contributed by atoms with van der Waals surface area (Å²) in [6.07, 6.45) is 10.6. The molecule has 2 N–H and O–H groups in total. The Labute approximate surface area is 162 Å². The van der Waals surface area contributed by atoms with Gasteiger partial charge in [0.15, 0.2) is 0 Å². The quantitative estimate of drug-likeness (QED) is 0.832. The first kappa shape index (κ1) is 17.7. The summed E-state index contributed by atoms with van der Waals surface area (Å²) in [4.78, 5) is 11.8. The molecular weight excluding hydrogens is 336 g/mol. The Bertz CT molecular complexity index is 757. The van der Waals surface area contributed by atoms with Crippen molar-refractivity contribution < 1.29 is 14.0 Å². The molecule has 1 amide bonds.